The highest BCUT2D eigenvalue weighted by molar-refractivity contribution is 6.22. The molecule has 4 aliphatic rings. The van der Waals surface area contributed by atoms with Gasteiger partial charge in [0.25, 0.3) is 5.69 Å². The van der Waals surface area contributed by atoms with Crippen LogP contribution < -0.4 is 9.91 Å². The molecule has 2 aromatic carbocycles. The van der Waals surface area contributed by atoms with Crippen molar-refractivity contribution in [1.29, 1.82) is 0 Å². The Morgan fingerprint density at radius 1 is 1.00 bits per heavy atom. The summed E-state index contributed by atoms with van der Waals surface area (Å²) < 4.78 is 0. The monoisotopic (exact) mass is 417 g/mol. The van der Waals surface area contributed by atoms with Gasteiger partial charge in [0.15, 0.2) is 0 Å². The lowest BCUT2D eigenvalue weighted by atomic mass is 9.76. The minimum Gasteiger partial charge on any atom is -0.274 e. The minimum absolute atomic E-state index is 0.0449. The van der Waals surface area contributed by atoms with Gasteiger partial charge in [-0.25, -0.2) is 5.01 Å². The normalized spacial score (nSPS) is 32.7. The van der Waals surface area contributed by atoms with E-state index in [9.17, 15) is 19.7 Å². The third-order valence-corrected chi connectivity index (χ3v) is 7.27. The molecule has 31 heavy (non-hydrogen) atoms. The number of fused-ring (bicyclic) bond motifs is 8. The number of carbonyl (C=O) groups is 2. The second-order valence-corrected chi connectivity index (χ2v) is 8.74. The highest BCUT2D eigenvalue weighted by Gasteiger charge is 2.70. The van der Waals surface area contributed by atoms with Crippen LogP contribution in [0.5, 0.6) is 0 Å². The van der Waals surface area contributed by atoms with Gasteiger partial charge in [-0.05, 0) is 43.4 Å². The predicted molar refractivity (Wildman–Crippen MR) is 110 cm³/mol. The van der Waals surface area contributed by atoms with Crippen LogP contribution in [0.15, 0.2) is 58.9 Å². The summed E-state index contributed by atoms with van der Waals surface area (Å²) in [4.78, 5) is 39.1. The van der Waals surface area contributed by atoms with Gasteiger partial charge >= 0.3 is 0 Å². The first-order chi connectivity index (χ1) is 15.0. The summed E-state index contributed by atoms with van der Waals surface area (Å²) in [5, 5.41) is 21.8. The standard InChI is InChI=1S/C22H19N5O4/c1-11-6-8-12(9-7-11)25-21(28)17-13-10-14(18(17)22(25)29)20-19(13)23-24-26(20)15-4-2-3-5-16(15)27(30)31/h2-9,13-14,17-20H,10H2,1H3/t13-,14+,17+,18+,19-,20-/m1/s1. The Balaban J connectivity index is 1.36. The Bertz CT molecular complexity index is 1160. The Hall–Kier alpha value is -3.62. The number of aryl methyl sites for hydroxylation is 1. The van der Waals surface area contributed by atoms with Crippen molar-refractivity contribution >= 4 is 28.9 Å². The van der Waals surface area contributed by atoms with Gasteiger partial charge in [0.1, 0.15) is 5.69 Å². The molecule has 0 aromatic heterocycles. The molecule has 9 heteroatoms. The van der Waals surface area contributed by atoms with Crippen LogP contribution in [0.1, 0.15) is 12.0 Å². The molecule has 9 nitrogen and oxygen atoms in total. The molecule has 2 heterocycles. The molecule has 0 radical (unpaired) electrons. The maximum absolute atomic E-state index is 13.4. The van der Waals surface area contributed by atoms with Gasteiger partial charge in [-0.2, -0.15) is 5.11 Å². The van der Waals surface area contributed by atoms with Gasteiger partial charge in [-0.3, -0.25) is 24.6 Å². The molecular formula is C22H19N5O4. The fourth-order valence-electron chi connectivity index (χ4n) is 6.05. The summed E-state index contributed by atoms with van der Waals surface area (Å²) in [6, 6.07) is 13.3. The van der Waals surface area contributed by atoms with Crippen LogP contribution in [0.3, 0.4) is 0 Å². The quantitative estimate of drug-likeness (QED) is 0.433. The molecule has 2 saturated carbocycles. The second-order valence-electron chi connectivity index (χ2n) is 8.74. The molecular weight excluding hydrogens is 398 g/mol. The lowest BCUT2D eigenvalue weighted by Gasteiger charge is -2.33. The molecule has 2 aromatic rings. The van der Waals surface area contributed by atoms with E-state index in [1.807, 2.05) is 19.1 Å². The zero-order valence-electron chi connectivity index (χ0n) is 16.7. The first kappa shape index (κ1) is 18.2. The van der Waals surface area contributed by atoms with Crippen LogP contribution in [-0.4, -0.2) is 28.8 Å². The van der Waals surface area contributed by atoms with Gasteiger partial charge in [0.2, 0.25) is 11.8 Å². The summed E-state index contributed by atoms with van der Waals surface area (Å²) in [6.45, 7) is 1.95. The zero-order valence-corrected chi connectivity index (χ0v) is 16.7. The van der Waals surface area contributed by atoms with E-state index < -0.39 is 16.8 Å². The second kappa shape index (κ2) is 6.19. The maximum Gasteiger partial charge on any atom is 0.294 e. The van der Waals surface area contributed by atoms with E-state index in [1.165, 1.54) is 11.0 Å². The smallest absolute Gasteiger partial charge is 0.274 e. The Morgan fingerprint density at radius 3 is 2.39 bits per heavy atom. The van der Waals surface area contributed by atoms with Gasteiger partial charge in [-0.15, -0.1) is 0 Å². The SMILES string of the molecule is Cc1ccc(N2C(=O)[C@H]3[C@H]4C[C@@H]([C@@H]3C2=O)[C@@H]2[C@@H]4N=NN2c2ccccc2[N+](=O)[O-])cc1. The summed E-state index contributed by atoms with van der Waals surface area (Å²) in [5.41, 5.74) is 1.98. The van der Waals surface area contributed by atoms with Gasteiger partial charge in [0, 0.05) is 6.07 Å². The number of amides is 2. The van der Waals surface area contributed by atoms with E-state index in [0.717, 1.165) is 5.56 Å². The summed E-state index contributed by atoms with van der Waals surface area (Å²) >= 11 is 0. The van der Waals surface area contributed by atoms with Crippen molar-refractivity contribution in [3.05, 3.63) is 64.2 Å². The number of para-hydroxylation sites is 2. The number of hydrogen-bond donors (Lipinski definition) is 0. The lowest BCUT2D eigenvalue weighted by Crippen LogP contribution is -2.47. The molecule has 6 rings (SSSR count). The molecule has 2 bridgehead atoms. The number of hydrogen-bond acceptors (Lipinski definition) is 7. The van der Waals surface area contributed by atoms with Crippen LogP contribution >= 0.6 is 0 Å². The molecule has 1 saturated heterocycles. The summed E-state index contributed by atoms with van der Waals surface area (Å²) in [7, 11) is 0. The van der Waals surface area contributed by atoms with E-state index in [2.05, 4.69) is 10.3 Å². The van der Waals surface area contributed by atoms with Crippen molar-refractivity contribution in [2.75, 3.05) is 9.91 Å². The van der Waals surface area contributed by atoms with Crippen molar-refractivity contribution in [3.63, 3.8) is 0 Å². The van der Waals surface area contributed by atoms with E-state index in [0.29, 0.717) is 17.8 Å². The van der Waals surface area contributed by atoms with Crippen LogP contribution in [-0.2, 0) is 9.59 Å². The Labute approximate surface area is 177 Å². The number of imide groups is 1. The molecule has 2 aliphatic carbocycles. The van der Waals surface area contributed by atoms with Gasteiger partial charge in [0.05, 0.1) is 34.5 Å². The predicted octanol–water partition coefficient (Wildman–Crippen LogP) is 3.28. The number of benzene rings is 2. The van der Waals surface area contributed by atoms with Crippen molar-refractivity contribution in [3.8, 4) is 0 Å². The molecule has 3 fully saturated rings. The first-order valence-corrected chi connectivity index (χ1v) is 10.4. The fourth-order valence-corrected chi connectivity index (χ4v) is 6.05. The van der Waals surface area contributed by atoms with E-state index in [-0.39, 0.29) is 41.4 Å². The molecule has 0 unspecified atom stereocenters. The third kappa shape index (κ3) is 2.31. The average Bonchev–Trinajstić information content (AvgIpc) is 3.49. The number of nitro benzene ring substituents is 1. The number of anilines is 2. The number of nitrogens with zero attached hydrogens (tertiary/aromatic N) is 5. The number of carbonyl (C=O) groups excluding carboxylic acids is 2. The van der Waals surface area contributed by atoms with Crippen LogP contribution in [0, 0.1) is 40.7 Å². The summed E-state index contributed by atoms with van der Waals surface area (Å²) in [5.74, 6) is -1.38. The average molecular weight is 417 g/mol. The fraction of sp³-hybridized carbons (Fsp3) is 0.364. The van der Waals surface area contributed by atoms with Crippen LogP contribution in [0.2, 0.25) is 0 Å². The molecule has 0 spiro atoms. The third-order valence-electron chi connectivity index (χ3n) is 7.27. The van der Waals surface area contributed by atoms with Crippen molar-refractivity contribution in [2.24, 2.45) is 34.0 Å². The first-order valence-electron chi connectivity index (χ1n) is 10.4. The van der Waals surface area contributed by atoms with E-state index in [4.69, 9.17) is 0 Å². The zero-order chi connectivity index (χ0) is 21.4. The maximum atomic E-state index is 13.4. The van der Waals surface area contributed by atoms with Crippen molar-refractivity contribution in [2.45, 2.75) is 25.4 Å². The van der Waals surface area contributed by atoms with E-state index in [1.54, 1.807) is 35.3 Å². The summed E-state index contributed by atoms with van der Waals surface area (Å²) in [6.07, 6.45) is 0.708. The molecule has 6 atom stereocenters. The van der Waals surface area contributed by atoms with Crippen LogP contribution in [0.25, 0.3) is 0 Å². The number of nitro groups is 1. The molecule has 2 amide bonds. The number of rotatable bonds is 3. The lowest BCUT2D eigenvalue weighted by molar-refractivity contribution is -0.384. The Morgan fingerprint density at radius 2 is 1.68 bits per heavy atom. The van der Waals surface area contributed by atoms with Crippen LogP contribution in [0.4, 0.5) is 17.1 Å². The minimum atomic E-state index is -0.436. The highest BCUT2D eigenvalue weighted by atomic mass is 16.6. The van der Waals surface area contributed by atoms with Gasteiger partial charge < -0.3 is 0 Å². The molecule has 0 N–H and O–H groups in total. The Kier molecular flexibility index (Phi) is 3.63. The topological polar surface area (TPSA) is 108 Å². The van der Waals surface area contributed by atoms with Gasteiger partial charge in [-0.1, -0.05) is 35.1 Å². The largest absolute Gasteiger partial charge is 0.294 e. The van der Waals surface area contributed by atoms with Crippen molar-refractivity contribution in [1.82, 2.24) is 0 Å². The van der Waals surface area contributed by atoms with Crippen molar-refractivity contribution < 1.29 is 14.5 Å². The van der Waals surface area contributed by atoms with E-state index >= 15 is 0 Å². The molecule has 2 aliphatic heterocycles. The molecule has 156 valence electrons. The highest BCUT2D eigenvalue weighted by Crippen LogP contribution is 2.61.